The molecule has 0 spiro atoms. The summed E-state index contributed by atoms with van der Waals surface area (Å²) in [6, 6.07) is 4.10. The fraction of sp³-hybridized carbons (Fsp3) is 0.333. The molecule has 0 saturated carbocycles. The van der Waals surface area contributed by atoms with Crippen molar-refractivity contribution in [3.8, 4) is 0 Å². The molecule has 1 rings (SSSR count). The Balaban J connectivity index is 2.97. The molecule has 0 heterocycles. The molecular weight excluding hydrogens is 305 g/mol. The normalized spacial score (nSPS) is 12.0. The van der Waals surface area contributed by atoms with E-state index >= 15 is 0 Å². The van der Waals surface area contributed by atoms with Gasteiger partial charge in [0.25, 0.3) is 0 Å². The molecule has 0 aromatic heterocycles. The first kappa shape index (κ1) is 14.6. The van der Waals surface area contributed by atoms with Crippen LogP contribution in [-0.2, 0) is 16.0 Å². The molecule has 98 valence electrons. The van der Waals surface area contributed by atoms with Crippen molar-refractivity contribution in [2.24, 2.45) is 5.92 Å². The zero-order valence-electron chi connectivity index (χ0n) is 9.98. The molecule has 4 nitrogen and oxygen atoms in total. The fourth-order valence-electron chi connectivity index (χ4n) is 1.56. The molecule has 0 aliphatic rings. The zero-order valence-corrected chi connectivity index (χ0v) is 11.6. The van der Waals surface area contributed by atoms with E-state index < -0.39 is 23.6 Å². The highest BCUT2D eigenvalue weighted by Crippen LogP contribution is 2.18. The van der Waals surface area contributed by atoms with Crippen LogP contribution in [0.15, 0.2) is 22.7 Å². The monoisotopic (exact) mass is 317 g/mol. The summed E-state index contributed by atoms with van der Waals surface area (Å²) >= 11 is 3.12. The van der Waals surface area contributed by atoms with Gasteiger partial charge >= 0.3 is 5.97 Å². The third-order valence-electron chi connectivity index (χ3n) is 2.40. The van der Waals surface area contributed by atoms with E-state index in [9.17, 15) is 14.0 Å². The van der Waals surface area contributed by atoms with Crippen molar-refractivity contribution >= 4 is 27.8 Å². The minimum Gasteiger partial charge on any atom is -0.481 e. The van der Waals surface area contributed by atoms with Crippen LogP contribution in [0.3, 0.4) is 0 Å². The highest BCUT2D eigenvalue weighted by atomic mass is 79.9. The van der Waals surface area contributed by atoms with E-state index in [1.54, 1.807) is 6.07 Å². The van der Waals surface area contributed by atoms with Crippen LogP contribution in [0.5, 0.6) is 0 Å². The Morgan fingerprint density at radius 3 is 2.44 bits per heavy atom. The third-order valence-corrected chi connectivity index (χ3v) is 2.86. The summed E-state index contributed by atoms with van der Waals surface area (Å²) in [7, 11) is 2.97. The third kappa shape index (κ3) is 3.80. The maximum absolute atomic E-state index is 13.2. The lowest BCUT2D eigenvalue weighted by atomic mass is 9.98. The van der Waals surface area contributed by atoms with Crippen LogP contribution in [0, 0.1) is 11.7 Å². The molecule has 0 saturated heterocycles. The van der Waals surface area contributed by atoms with Crippen LogP contribution in [-0.4, -0.2) is 36.0 Å². The number of carboxylic acid groups (broad SMARTS) is 1. The van der Waals surface area contributed by atoms with Gasteiger partial charge in [-0.3, -0.25) is 9.59 Å². The highest BCUT2D eigenvalue weighted by molar-refractivity contribution is 9.10. The van der Waals surface area contributed by atoms with Gasteiger partial charge in [-0.05, 0) is 30.2 Å². The number of hydrogen-bond acceptors (Lipinski definition) is 2. The van der Waals surface area contributed by atoms with Gasteiger partial charge < -0.3 is 10.0 Å². The van der Waals surface area contributed by atoms with Crippen molar-refractivity contribution in [2.45, 2.75) is 6.42 Å². The predicted molar refractivity (Wildman–Crippen MR) is 67.6 cm³/mol. The van der Waals surface area contributed by atoms with Gasteiger partial charge in [0.15, 0.2) is 0 Å². The quantitative estimate of drug-likeness (QED) is 0.863. The molecule has 0 radical (unpaired) electrons. The number of carboxylic acids is 1. The second kappa shape index (κ2) is 5.95. The van der Waals surface area contributed by atoms with Gasteiger partial charge in [-0.15, -0.1) is 0 Å². The lowest BCUT2D eigenvalue weighted by molar-refractivity contribution is -0.150. The number of halogens is 2. The lowest BCUT2D eigenvalue weighted by Gasteiger charge is -2.17. The van der Waals surface area contributed by atoms with Crippen molar-refractivity contribution in [3.05, 3.63) is 34.1 Å². The molecule has 6 heteroatoms. The van der Waals surface area contributed by atoms with Gasteiger partial charge in [0, 0.05) is 18.6 Å². The summed E-state index contributed by atoms with van der Waals surface area (Å²) in [6.45, 7) is 0. The molecule has 0 fully saturated rings. The van der Waals surface area contributed by atoms with E-state index in [0.29, 0.717) is 10.0 Å². The van der Waals surface area contributed by atoms with Gasteiger partial charge in [-0.25, -0.2) is 4.39 Å². The smallest absolute Gasteiger partial charge is 0.316 e. The largest absolute Gasteiger partial charge is 0.481 e. The van der Waals surface area contributed by atoms with Crippen molar-refractivity contribution in [1.82, 2.24) is 4.90 Å². The number of aliphatic carboxylic acids is 1. The molecule has 1 unspecified atom stereocenters. The van der Waals surface area contributed by atoms with Crippen LogP contribution in [0.2, 0.25) is 0 Å². The van der Waals surface area contributed by atoms with E-state index in [2.05, 4.69) is 15.9 Å². The van der Waals surface area contributed by atoms with Gasteiger partial charge in [0.05, 0.1) is 0 Å². The summed E-state index contributed by atoms with van der Waals surface area (Å²) in [6.07, 6.45) is -0.0390. The van der Waals surface area contributed by atoms with Crippen LogP contribution in [0.1, 0.15) is 5.56 Å². The number of amides is 1. The Morgan fingerprint density at radius 2 is 2.00 bits per heavy atom. The fourth-order valence-corrected chi connectivity index (χ4v) is 2.07. The number of nitrogens with zero attached hydrogens (tertiary/aromatic N) is 1. The Bertz CT molecular complexity index is 456. The molecule has 0 aliphatic carbocycles. The van der Waals surface area contributed by atoms with E-state index in [-0.39, 0.29) is 6.42 Å². The van der Waals surface area contributed by atoms with Crippen LogP contribution < -0.4 is 0 Å². The number of carbonyl (C=O) groups excluding carboxylic acids is 1. The maximum atomic E-state index is 13.2. The van der Waals surface area contributed by atoms with Crippen LogP contribution >= 0.6 is 15.9 Å². The van der Waals surface area contributed by atoms with Gasteiger partial charge in [-0.1, -0.05) is 15.9 Å². The molecule has 1 aromatic rings. The molecule has 18 heavy (non-hydrogen) atoms. The van der Waals surface area contributed by atoms with Gasteiger partial charge in [0.1, 0.15) is 11.7 Å². The Hall–Kier alpha value is -1.43. The van der Waals surface area contributed by atoms with Crippen molar-refractivity contribution in [3.63, 3.8) is 0 Å². The molecular formula is C12H13BrFNO3. The summed E-state index contributed by atoms with van der Waals surface area (Å²) in [5.41, 5.74) is 0.462. The number of carbonyl (C=O) groups is 2. The van der Waals surface area contributed by atoms with Crippen molar-refractivity contribution in [1.29, 1.82) is 0 Å². The van der Waals surface area contributed by atoms with Gasteiger partial charge in [0.2, 0.25) is 5.91 Å². The number of rotatable bonds is 4. The number of benzene rings is 1. The van der Waals surface area contributed by atoms with E-state index in [1.165, 1.54) is 31.1 Å². The van der Waals surface area contributed by atoms with E-state index in [4.69, 9.17) is 5.11 Å². The second-order valence-electron chi connectivity index (χ2n) is 4.11. The van der Waals surface area contributed by atoms with Crippen molar-refractivity contribution in [2.75, 3.05) is 14.1 Å². The molecule has 1 amide bonds. The van der Waals surface area contributed by atoms with Crippen LogP contribution in [0.4, 0.5) is 4.39 Å². The maximum Gasteiger partial charge on any atom is 0.316 e. The van der Waals surface area contributed by atoms with Crippen molar-refractivity contribution < 1.29 is 19.1 Å². The molecule has 1 N–H and O–H groups in total. The summed E-state index contributed by atoms with van der Waals surface area (Å²) in [5.74, 6) is -3.40. The molecule has 1 aromatic carbocycles. The first-order chi connectivity index (χ1) is 8.31. The molecule has 1 atom stereocenters. The SMILES string of the molecule is CN(C)C(=O)C(Cc1cc(F)cc(Br)c1)C(=O)O. The average molecular weight is 318 g/mol. The molecule has 0 aliphatic heterocycles. The highest BCUT2D eigenvalue weighted by Gasteiger charge is 2.28. The number of hydrogen-bond donors (Lipinski definition) is 1. The second-order valence-corrected chi connectivity index (χ2v) is 5.02. The predicted octanol–water partition coefficient (Wildman–Crippen LogP) is 1.92. The zero-order chi connectivity index (χ0) is 13.9. The topological polar surface area (TPSA) is 57.6 Å². The lowest BCUT2D eigenvalue weighted by Crippen LogP contribution is -2.35. The summed E-state index contributed by atoms with van der Waals surface area (Å²) < 4.78 is 13.7. The average Bonchev–Trinajstić information content (AvgIpc) is 2.23. The Labute approximate surface area is 113 Å². The Kier molecular flexibility index (Phi) is 4.84. The standard InChI is InChI=1S/C12H13BrFNO3/c1-15(2)11(16)10(12(17)18)5-7-3-8(13)6-9(14)4-7/h3-4,6,10H,5H2,1-2H3,(H,17,18). The van der Waals surface area contributed by atoms with Crippen LogP contribution in [0.25, 0.3) is 0 Å². The van der Waals surface area contributed by atoms with E-state index in [0.717, 1.165) is 0 Å². The first-order valence-electron chi connectivity index (χ1n) is 5.20. The minimum atomic E-state index is -1.21. The minimum absolute atomic E-state index is 0.0390. The summed E-state index contributed by atoms with van der Waals surface area (Å²) in [4.78, 5) is 24.0. The van der Waals surface area contributed by atoms with E-state index in [1.807, 2.05) is 0 Å². The summed E-state index contributed by atoms with van der Waals surface area (Å²) in [5, 5.41) is 9.04. The van der Waals surface area contributed by atoms with Gasteiger partial charge in [-0.2, -0.15) is 0 Å². The molecule has 0 bridgehead atoms. The Morgan fingerprint density at radius 1 is 1.39 bits per heavy atom. The first-order valence-corrected chi connectivity index (χ1v) is 5.99.